The van der Waals surface area contributed by atoms with Crippen molar-refractivity contribution in [2.75, 3.05) is 6.61 Å². The molecule has 0 aliphatic carbocycles. The first kappa shape index (κ1) is 20.9. The van der Waals surface area contributed by atoms with E-state index in [4.69, 9.17) is 15.7 Å². The summed E-state index contributed by atoms with van der Waals surface area (Å²) in [7, 11) is 0. The number of rotatable bonds is 6. The Labute approximate surface area is 163 Å². The summed E-state index contributed by atoms with van der Waals surface area (Å²) in [4.78, 5) is 28.1. The number of hydroxylamine groups is 1. The van der Waals surface area contributed by atoms with Crippen molar-refractivity contribution in [1.82, 2.24) is 15.8 Å². The van der Waals surface area contributed by atoms with E-state index >= 15 is 0 Å². The van der Waals surface area contributed by atoms with Crippen molar-refractivity contribution >= 4 is 11.8 Å². The van der Waals surface area contributed by atoms with Crippen LogP contribution in [-0.4, -0.2) is 40.2 Å². The van der Waals surface area contributed by atoms with Gasteiger partial charge in [0.05, 0.1) is 0 Å². The molecule has 146 valence electrons. The van der Waals surface area contributed by atoms with Crippen LogP contribution < -0.4 is 21.3 Å². The van der Waals surface area contributed by atoms with Gasteiger partial charge in [-0.25, -0.2) is 5.48 Å². The summed E-state index contributed by atoms with van der Waals surface area (Å²) in [5, 5.41) is 11.3. The lowest BCUT2D eigenvalue weighted by Crippen LogP contribution is -2.61. The Morgan fingerprint density at radius 1 is 1.29 bits per heavy atom. The number of amides is 2. The highest BCUT2D eigenvalue weighted by atomic mass is 16.5. The maximum Gasteiger partial charge on any atom is 0.267 e. The second kappa shape index (κ2) is 9.50. The van der Waals surface area contributed by atoms with E-state index in [-0.39, 0.29) is 6.61 Å². The van der Waals surface area contributed by atoms with Crippen LogP contribution in [0.15, 0.2) is 48.8 Å². The number of aromatic nitrogens is 1. The van der Waals surface area contributed by atoms with Crippen LogP contribution in [0.5, 0.6) is 5.75 Å². The van der Waals surface area contributed by atoms with E-state index in [9.17, 15) is 9.59 Å². The molecule has 1 heterocycles. The Balaban J connectivity index is 1.95. The summed E-state index contributed by atoms with van der Waals surface area (Å²) in [6.07, 6.45) is 3.33. The van der Waals surface area contributed by atoms with Crippen LogP contribution >= 0.6 is 0 Å². The lowest BCUT2D eigenvalue weighted by atomic mass is 9.95. The van der Waals surface area contributed by atoms with Crippen LogP contribution in [0.3, 0.4) is 0 Å². The molecule has 0 fully saturated rings. The summed E-state index contributed by atoms with van der Waals surface area (Å²) in [6.45, 7) is 3.31. The largest absolute Gasteiger partial charge is 0.481 e. The van der Waals surface area contributed by atoms with Crippen molar-refractivity contribution in [3.63, 3.8) is 0 Å². The van der Waals surface area contributed by atoms with Crippen LogP contribution in [0.2, 0.25) is 0 Å². The topological polar surface area (TPSA) is 127 Å². The van der Waals surface area contributed by atoms with Crippen molar-refractivity contribution in [3.8, 4) is 17.6 Å². The quantitative estimate of drug-likeness (QED) is 0.333. The van der Waals surface area contributed by atoms with Gasteiger partial charge in [0.2, 0.25) is 0 Å². The molecule has 1 atom stereocenters. The van der Waals surface area contributed by atoms with Gasteiger partial charge in [-0.15, -0.1) is 0 Å². The first-order valence-electron chi connectivity index (χ1n) is 8.46. The van der Waals surface area contributed by atoms with Gasteiger partial charge in [-0.3, -0.25) is 19.8 Å². The third-order valence-electron chi connectivity index (χ3n) is 3.71. The summed E-state index contributed by atoms with van der Waals surface area (Å²) >= 11 is 0. The third kappa shape index (κ3) is 6.09. The standard InChI is InChI=1S/C20H22N4O4/c1-20(2,21)17(19(26)24-27)23-18(25)15-7-9-16(10-8-15)28-12-4-6-14-5-3-11-22-13-14/h3,5,7-11,13,17,27H,12,21H2,1-2H3,(H,23,25)(H,24,26)/t17-/m1/s1. The van der Waals surface area contributed by atoms with Crippen molar-refractivity contribution in [2.45, 2.75) is 25.4 Å². The van der Waals surface area contributed by atoms with Gasteiger partial charge in [-0.05, 0) is 50.2 Å². The molecule has 2 amide bonds. The monoisotopic (exact) mass is 382 g/mol. The van der Waals surface area contributed by atoms with Crippen LogP contribution in [-0.2, 0) is 4.79 Å². The summed E-state index contributed by atoms with van der Waals surface area (Å²) in [6, 6.07) is 8.89. The number of benzene rings is 1. The predicted molar refractivity (Wildman–Crippen MR) is 103 cm³/mol. The van der Waals surface area contributed by atoms with Gasteiger partial charge in [0.1, 0.15) is 18.4 Å². The SMILES string of the molecule is CC(C)(N)[C@H](NC(=O)c1ccc(OCC#Cc2cccnc2)cc1)C(=O)NO. The number of nitrogens with zero attached hydrogens (tertiary/aromatic N) is 1. The second-order valence-electron chi connectivity index (χ2n) is 6.56. The number of hydrogen-bond acceptors (Lipinski definition) is 6. The molecule has 0 spiro atoms. The fourth-order valence-corrected chi connectivity index (χ4v) is 2.27. The lowest BCUT2D eigenvalue weighted by molar-refractivity contribution is -0.132. The number of pyridine rings is 1. The summed E-state index contributed by atoms with van der Waals surface area (Å²) in [5.74, 6) is 5.04. The molecular weight excluding hydrogens is 360 g/mol. The normalized spacial score (nSPS) is 11.6. The molecule has 1 aromatic heterocycles. The molecule has 28 heavy (non-hydrogen) atoms. The molecule has 0 bridgehead atoms. The fourth-order valence-electron chi connectivity index (χ4n) is 2.27. The minimum atomic E-state index is -1.11. The average Bonchev–Trinajstić information content (AvgIpc) is 2.69. The Hall–Kier alpha value is -3.41. The molecule has 8 nitrogen and oxygen atoms in total. The smallest absolute Gasteiger partial charge is 0.267 e. The van der Waals surface area contributed by atoms with Gasteiger partial charge in [-0.2, -0.15) is 0 Å². The van der Waals surface area contributed by atoms with E-state index in [1.165, 1.54) is 5.48 Å². The molecule has 0 unspecified atom stereocenters. The van der Waals surface area contributed by atoms with Crippen LogP contribution in [0.1, 0.15) is 29.8 Å². The number of hydrogen-bond donors (Lipinski definition) is 4. The summed E-state index contributed by atoms with van der Waals surface area (Å²) in [5.41, 5.74) is 7.44. The molecule has 0 saturated heterocycles. The minimum absolute atomic E-state index is 0.181. The van der Waals surface area contributed by atoms with Crippen molar-refractivity contribution in [3.05, 3.63) is 59.9 Å². The lowest BCUT2D eigenvalue weighted by Gasteiger charge is -2.29. The molecule has 0 saturated carbocycles. The van der Waals surface area contributed by atoms with Crippen molar-refractivity contribution < 1.29 is 19.5 Å². The molecular formula is C20H22N4O4. The number of ether oxygens (including phenoxy) is 1. The molecule has 1 aromatic carbocycles. The van der Waals surface area contributed by atoms with Crippen molar-refractivity contribution in [2.24, 2.45) is 5.73 Å². The first-order valence-corrected chi connectivity index (χ1v) is 8.46. The number of carbonyl (C=O) groups is 2. The zero-order chi connectivity index (χ0) is 20.6. The predicted octanol–water partition coefficient (Wildman–Crippen LogP) is 0.853. The maximum absolute atomic E-state index is 12.4. The van der Waals surface area contributed by atoms with Crippen LogP contribution in [0.25, 0.3) is 0 Å². The Kier molecular flexibility index (Phi) is 7.09. The highest BCUT2D eigenvalue weighted by Gasteiger charge is 2.33. The third-order valence-corrected chi connectivity index (χ3v) is 3.71. The van der Waals surface area contributed by atoms with Gasteiger partial charge < -0.3 is 15.8 Å². The Morgan fingerprint density at radius 3 is 2.57 bits per heavy atom. The molecule has 0 aliphatic rings. The minimum Gasteiger partial charge on any atom is -0.481 e. The van der Waals surface area contributed by atoms with E-state index in [0.717, 1.165) is 5.56 Å². The highest BCUT2D eigenvalue weighted by molar-refractivity contribution is 5.97. The molecule has 5 N–H and O–H groups in total. The van der Waals surface area contributed by atoms with Gasteiger partial charge in [-0.1, -0.05) is 11.8 Å². The van der Waals surface area contributed by atoms with E-state index in [1.54, 1.807) is 56.6 Å². The Bertz CT molecular complexity index is 865. The van der Waals surface area contributed by atoms with Crippen LogP contribution in [0.4, 0.5) is 0 Å². The molecule has 0 radical (unpaired) electrons. The first-order chi connectivity index (χ1) is 13.3. The maximum atomic E-state index is 12.4. The number of carbonyl (C=O) groups excluding carboxylic acids is 2. The zero-order valence-corrected chi connectivity index (χ0v) is 15.6. The van der Waals surface area contributed by atoms with Gasteiger partial charge in [0.15, 0.2) is 0 Å². The summed E-state index contributed by atoms with van der Waals surface area (Å²) < 4.78 is 5.51. The zero-order valence-electron chi connectivity index (χ0n) is 15.6. The fraction of sp³-hybridized carbons (Fsp3) is 0.250. The molecule has 2 rings (SSSR count). The number of nitrogens with one attached hydrogen (secondary N) is 2. The van der Waals surface area contributed by atoms with Crippen molar-refractivity contribution in [1.29, 1.82) is 0 Å². The van der Waals surface area contributed by atoms with Gasteiger partial charge >= 0.3 is 0 Å². The Morgan fingerprint density at radius 2 is 2.00 bits per heavy atom. The molecule has 2 aromatic rings. The van der Waals surface area contributed by atoms with E-state index in [1.807, 2.05) is 6.07 Å². The average molecular weight is 382 g/mol. The van der Waals surface area contributed by atoms with E-state index < -0.39 is 23.4 Å². The molecule has 8 heteroatoms. The van der Waals surface area contributed by atoms with E-state index in [0.29, 0.717) is 11.3 Å². The molecule has 0 aliphatic heterocycles. The van der Waals surface area contributed by atoms with Gasteiger partial charge in [0.25, 0.3) is 11.8 Å². The van der Waals surface area contributed by atoms with E-state index in [2.05, 4.69) is 22.1 Å². The number of nitrogens with two attached hydrogens (primary N) is 1. The van der Waals surface area contributed by atoms with Crippen LogP contribution in [0, 0.1) is 11.8 Å². The van der Waals surface area contributed by atoms with Gasteiger partial charge in [0, 0.05) is 29.1 Å². The second-order valence-corrected chi connectivity index (χ2v) is 6.56. The highest BCUT2D eigenvalue weighted by Crippen LogP contribution is 2.13.